The highest BCUT2D eigenvalue weighted by atomic mass is 32.2. The Hall–Kier alpha value is -0.380. The lowest BCUT2D eigenvalue weighted by Gasteiger charge is -2.10. The third-order valence-corrected chi connectivity index (χ3v) is 3.06. The highest BCUT2D eigenvalue weighted by molar-refractivity contribution is 7.93. The van der Waals surface area contributed by atoms with Gasteiger partial charge in [-0.1, -0.05) is 0 Å². The van der Waals surface area contributed by atoms with Crippen molar-refractivity contribution in [2.45, 2.75) is 12.8 Å². The van der Waals surface area contributed by atoms with Gasteiger partial charge >= 0.3 is 0 Å². The summed E-state index contributed by atoms with van der Waals surface area (Å²) < 4.78 is 17.9. The van der Waals surface area contributed by atoms with Crippen LogP contribution < -0.4 is 0 Å². The number of rotatable bonds is 0. The second-order valence-electron chi connectivity index (χ2n) is 2.30. The summed E-state index contributed by atoms with van der Waals surface area (Å²) in [6.07, 6.45) is 1.16. The van der Waals surface area contributed by atoms with Gasteiger partial charge in [-0.2, -0.15) is 0 Å². The standard InChI is InChI=1S/C5H9NO2S/c6-9(8)3-1-2-5(7)4-9/h6H,1-4H2. The van der Waals surface area contributed by atoms with E-state index < -0.39 is 9.73 Å². The molecule has 52 valence electrons. The molecule has 1 heterocycles. The lowest BCUT2D eigenvalue weighted by atomic mass is 10.2. The smallest absolute Gasteiger partial charge is 0.146 e. The molecule has 0 aliphatic carbocycles. The largest absolute Gasteiger partial charge is 0.299 e. The van der Waals surface area contributed by atoms with Crippen molar-refractivity contribution in [3.05, 3.63) is 0 Å². The number of hydrogen-bond donors (Lipinski definition) is 1. The van der Waals surface area contributed by atoms with Gasteiger partial charge in [0.1, 0.15) is 5.78 Å². The van der Waals surface area contributed by atoms with Gasteiger partial charge in [-0.25, -0.2) is 4.21 Å². The van der Waals surface area contributed by atoms with E-state index in [1.165, 1.54) is 0 Å². The number of hydrogen-bond acceptors (Lipinski definition) is 3. The van der Waals surface area contributed by atoms with Gasteiger partial charge < -0.3 is 0 Å². The Kier molecular flexibility index (Phi) is 1.57. The van der Waals surface area contributed by atoms with Crippen LogP contribution in [0, 0.1) is 4.78 Å². The van der Waals surface area contributed by atoms with Crippen molar-refractivity contribution < 1.29 is 9.00 Å². The summed E-state index contributed by atoms with van der Waals surface area (Å²) in [4.78, 5) is 10.6. The third-order valence-electron chi connectivity index (χ3n) is 1.32. The van der Waals surface area contributed by atoms with Crippen molar-refractivity contribution in [2.75, 3.05) is 11.5 Å². The van der Waals surface area contributed by atoms with Gasteiger partial charge in [0, 0.05) is 12.2 Å². The molecule has 1 N–H and O–H groups in total. The van der Waals surface area contributed by atoms with E-state index in [2.05, 4.69) is 0 Å². The zero-order valence-corrected chi connectivity index (χ0v) is 5.87. The van der Waals surface area contributed by atoms with E-state index in [1.54, 1.807) is 0 Å². The monoisotopic (exact) mass is 147 g/mol. The van der Waals surface area contributed by atoms with Gasteiger partial charge in [-0.3, -0.25) is 9.57 Å². The molecule has 1 atom stereocenters. The first-order chi connectivity index (χ1) is 4.10. The van der Waals surface area contributed by atoms with Gasteiger partial charge in [0.05, 0.1) is 15.5 Å². The molecule has 1 unspecified atom stereocenters. The molecule has 0 bridgehead atoms. The maximum atomic E-state index is 10.9. The van der Waals surface area contributed by atoms with Crippen LogP contribution in [0.15, 0.2) is 0 Å². The van der Waals surface area contributed by atoms with Gasteiger partial charge in [0.25, 0.3) is 0 Å². The third kappa shape index (κ3) is 1.78. The van der Waals surface area contributed by atoms with E-state index in [9.17, 15) is 9.00 Å². The molecular formula is C5H9NO2S. The van der Waals surface area contributed by atoms with Crippen molar-refractivity contribution in [3.8, 4) is 0 Å². The normalized spacial score (nSPS) is 36.7. The number of carbonyl (C=O) groups is 1. The molecule has 3 nitrogen and oxygen atoms in total. The number of ketones is 1. The fraction of sp³-hybridized carbons (Fsp3) is 0.800. The lowest BCUT2D eigenvalue weighted by Crippen LogP contribution is -2.23. The minimum atomic E-state index is -2.48. The predicted molar refractivity (Wildman–Crippen MR) is 34.8 cm³/mol. The SMILES string of the molecule is N=S1(=O)CCCC(=O)C1. The van der Waals surface area contributed by atoms with Crippen LogP contribution in [0.3, 0.4) is 0 Å². The molecule has 0 saturated carbocycles. The van der Waals surface area contributed by atoms with Crippen LogP contribution >= 0.6 is 0 Å². The quantitative estimate of drug-likeness (QED) is 0.539. The van der Waals surface area contributed by atoms with Gasteiger partial charge in [0.2, 0.25) is 0 Å². The molecule has 0 aromatic carbocycles. The van der Waals surface area contributed by atoms with E-state index in [1.807, 2.05) is 0 Å². The molecule has 0 radical (unpaired) electrons. The van der Waals surface area contributed by atoms with Gasteiger partial charge in [-0.15, -0.1) is 0 Å². The predicted octanol–water partition coefficient (Wildman–Crippen LogP) is 0.396. The number of Topliss-reactive ketones (excluding diaryl/α,β-unsaturated/α-hetero) is 1. The maximum Gasteiger partial charge on any atom is 0.146 e. The van der Waals surface area contributed by atoms with Crippen molar-refractivity contribution in [1.82, 2.24) is 0 Å². The molecule has 1 fully saturated rings. The Bertz CT molecular complexity index is 217. The van der Waals surface area contributed by atoms with Crippen LogP contribution in [0.25, 0.3) is 0 Å². The zero-order valence-electron chi connectivity index (χ0n) is 5.05. The van der Waals surface area contributed by atoms with E-state index >= 15 is 0 Å². The molecule has 4 heteroatoms. The average molecular weight is 147 g/mol. The van der Waals surface area contributed by atoms with E-state index in [4.69, 9.17) is 4.78 Å². The topological polar surface area (TPSA) is 58.0 Å². The van der Waals surface area contributed by atoms with Crippen LogP contribution in [0.5, 0.6) is 0 Å². The Morgan fingerprint density at radius 2 is 2.22 bits per heavy atom. The van der Waals surface area contributed by atoms with E-state index in [0.717, 1.165) is 0 Å². The van der Waals surface area contributed by atoms with Crippen LogP contribution in [-0.2, 0) is 14.5 Å². The average Bonchev–Trinajstić information content (AvgIpc) is 1.60. The van der Waals surface area contributed by atoms with E-state index in [0.29, 0.717) is 18.6 Å². The van der Waals surface area contributed by atoms with Crippen LogP contribution in [-0.4, -0.2) is 21.5 Å². The molecule has 0 aromatic rings. The molecule has 1 aliphatic heterocycles. The molecule has 0 spiro atoms. The van der Waals surface area contributed by atoms with Crippen LogP contribution in [0.4, 0.5) is 0 Å². The van der Waals surface area contributed by atoms with Gasteiger partial charge in [0.15, 0.2) is 0 Å². The Morgan fingerprint density at radius 1 is 1.56 bits per heavy atom. The first kappa shape index (κ1) is 6.74. The fourth-order valence-electron chi connectivity index (χ4n) is 0.907. The molecule has 0 aromatic heterocycles. The minimum absolute atomic E-state index is 0.00694. The molecule has 1 saturated heterocycles. The molecular weight excluding hydrogens is 138 g/mol. The highest BCUT2D eigenvalue weighted by Crippen LogP contribution is 2.07. The Balaban J connectivity index is 2.73. The summed E-state index contributed by atoms with van der Waals surface area (Å²) >= 11 is 0. The second-order valence-corrected chi connectivity index (χ2v) is 4.62. The lowest BCUT2D eigenvalue weighted by molar-refractivity contribution is -0.116. The van der Waals surface area contributed by atoms with Crippen LogP contribution in [0.2, 0.25) is 0 Å². The summed E-state index contributed by atoms with van der Waals surface area (Å²) in [6, 6.07) is 0. The molecule has 1 rings (SSSR count). The zero-order chi connectivity index (χ0) is 6.91. The van der Waals surface area contributed by atoms with Crippen molar-refractivity contribution in [1.29, 1.82) is 4.78 Å². The minimum Gasteiger partial charge on any atom is -0.299 e. The summed E-state index contributed by atoms with van der Waals surface area (Å²) in [7, 11) is -2.48. The van der Waals surface area contributed by atoms with Crippen molar-refractivity contribution in [3.63, 3.8) is 0 Å². The number of nitrogens with one attached hydrogen (secondary N) is 1. The fourth-order valence-corrected chi connectivity index (χ4v) is 2.33. The second kappa shape index (κ2) is 2.10. The highest BCUT2D eigenvalue weighted by Gasteiger charge is 2.18. The summed E-state index contributed by atoms with van der Waals surface area (Å²) in [5.41, 5.74) is 0. The molecule has 0 amide bonds. The van der Waals surface area contributed by atoms with Crippen molar-refractivity contribution in [2.24, 2.45) is 0 Å². The van der Waals surface area contributed by atoms with E-state index in [-0.39, 0.29) is 11.5 Å². The first-order valence-corrected chi connectivity index (χ1v) is 4.76. The Labute approximate surface area is 54.4 Å². The molecule has 1 aliphatic rings. The molecule has 9 heavy (non-hydrogen) atoms. The van der Waals surface area contributed by atoms with Gasteiger partial charge in [-0.05, 0) is 6.42 Å². The van der Waals surface area contributed by atoms with Crippen LogP contribution in [0.1, 0.15) is 12.8 Å². The summed E-state index contributed by atoms with van der Waals surface area (Å²) in [5, 5.41) is 0. The van der Waals surface area contributed by atoms with Crippen molar-refractivity contribution >= 4 is 15.5 Å². The Morgan fingerprint density at radius 3 is 2.56 bits per heavy atom. The summed E-state index contributed by atoms with van der Waals surface area (Å²) in [6.45, 7) is 0. The number of carbonyl (C=O) groups excluding carboxylic acids is 1. The summed E-state index contributed by atoms with van der Waals surface area (Å²) in [5.74, 6) is 0.396. The first-order valence-electron chi connectivity index (χ1n) is 2.86. The maximum absolute atomic E-state index is 10.9.